The average Bonchev–Trinajstić information content (AvgIpc) is 2.40. The molecule has 1 nitrogen and oxygen atoms in total. The van der Waals surface area contributed by atoms with Crippen LogP contribution in [0.25, 0.3) is 0 Å². The van der Waals surface area contributed by atoms with Crippen molar-refractivity contribution >= 4 is 43.5 Å². The van der Waals surface area contributed by atoms with Gasteiger partial charge in [-0.1, -0.05) is 55.6 Å². The zero-order valence-corrected chi connectivity index (χ0v) is 14.5. The number of halogens is 3. The van der Waals surface area contributed by atoms with E-state index in [0.717, 1.165) is 26.4 Å². The fourth-order valence-electron chi connectivity index (χ4n) is 1.95. The number of hydrogen-bond donors (Lipinski definition) is 0. The maximum absolute atomic E-state index is 6.07. The Hall–Kier alpha value is -0.510. The predicted molar refractivity (Wildman–Crippen MR) is 87.7 cm³/mol. The number of aryl methyl sites for hydroxylation is 1. The molecule has 0 bridgehead atoms. The molecule has 0 aliphatic heterocycles. The van der Waals surface area contributed by atoms with Gasteiger partial charge >= 0.3 is 0 Å². The van der Waals surface area contributed by atoms with E-state index in [1.54, 1.807) is 7.11 Å². The SMILES string of the molecule is COc1ccc(C(Br)c2cc(Cl)ccc2Br)cc1C. The van der Waals surface area contributed by atoms with Crippen molar-refractivity contribution < 1.29 is 4.74 Å². The standard InChI is InChI=1S/C15H13Br2ClO/c1-9-7-10(3-6-14(9)19-2)15(17)12-8-11(18)4-5-13(12)16/h3-8,15H,1-2H3. The summed E-state index contributed by atoms with van der Waals surface area (Å²) < 4.78 is 6.32. The van der Waals surface area contributed by atoms with E-state index >= 15 is 0 Å². The molecule has 4 heteroatoms. The minimum atomic E-state index is 0.0881. The van der Waals surface area contributed by atoms with Gasteiger partial charge in [0.15, 0.2) is 0 Å². The Labute approximate surface area is 135 Å². The van der Waals surface area contributed by atoms with Gasteiger partial charge in [0, 0.05) is 9.50 Å². The lowest BCUT2D eigenvalue weighted by atomic mass is 10.0. The van der Waals surface area contributed by atoms with Crippen molar-refractivity contribution in [2.45, 2.75) is 11.8 Å². The van der Waals surface area contributed by atoms with Crippen molar-refractivity contribution in [2.75, 3.05) is 7.11 Å². The normalized spacial score (nSPS) is 12.3. The topological polar surface area (TPSA) is 9.23 Å². The first-order chi connectivity index (χ1) is 9.02. The van der Waals surface area contributed by atoms with Crippen LogP contribution in [0, 0.1) is 6.92 Å². The summed E-state index contributed by atoms with van der Waals surface area (Å²) in [6, 6.07) is 11.9. The number of hydrogen-bond acceptors (Lipinski definition) is 1. The molecule has 0 fully saturated rings. The third-order valence-electron chi connectivity index (χ3n) is 2.94. The van der Waals surface area contributed by atoms with E-state index in [2.05, 4.69) is 44.0 Å². The summed E-state index contributed by atoms with van der Waals surface area (Å²) in [4.78, 5) is 0.0881. The zero-order valence-electron chi connectivity index (χ0n) is 10.6. The van der Waals surface area contributed by atoms with E-state index in [9.17, 15) is 0 Å². The largest absolute Gasteiger partial charge is 0.496 e. The summed E-state index contributed by atoms with van der Waals surface area (Å²) >= 11 is 13.4. The first kappa shape index (κ1) is 14.9. The van der Waals surface area contributed by atoms with Gasteiger partial charge in [-0.05, 0) is 47.9 Å². The molecule has 0 spiro atoms. The highest BCUT2D eigenvalue weighted by Gasteiger charge is 2.15. The van der Waals surface area contributed by atoms with Gasteiger partial charge in [0.25, 0.3) is 0 Å². The van der Waals surface area contributed by atoms with E-state index in [-0.39, 0.29) is 4.83 Å². The van der Waals surface area contributed by atoms with E-state index in [4.69, 9.17) is 16.3 Å². The Morgan fingerprint density at radius 1 is 1.16 bits per heavy atom. The van der Waals surface area contributed by atoms with Crippen LogP contribution in [0.3, 0.4) is 0 Å². The third-order valence-corrected chi connectivity index (χ3v) is 4.92. The minimum absolute atomic E-state index is 0.0881. The second-order valence-corrected chi connectivity index (χ2v) is 6.46. The van der Waals surface area contributed by atoms with Crippen molar-refractivity contribution in [3.8, 4) is 5.75 Å². The molecule has 19 heavy (non-hydrogen) atoms. The molecule has 2 aromatic carbocycles. The van der Waals surface area contributed by atoms with Crippen LogP contribution >= 0.6 is 43.5 Å². The molecular formula is C15H13Br2ClO. The van der Waals surface area contributed by atoms with E-state index in [1.807, 2.05) is 31.2 Å². The van der Waals surface area contributed by atoms with Crippen LogP contribution in [0.2, 0.25) is 5.02 Å². The molecule has 0 saturated heterocycles. The van der Waals surface area contributed by atoms with Gasteiger partial charge in [-0.25, -0.2) is 0 Å². The van der Waals surface area contributed by atoms with E-state index < -0.39 is 0 Å². The first-order valence-electron chi connectivity index (χ1n) is 5.76. The van der Waals surface area contributed by atoms with Gasteiger partial charge in [-0.2, -0.15) is 0 Å². The molecule has 0 aliphatic rings. The average molecular weight is 405 g/mol. The van der Waals surface area contributed by atoms with Crippen LogP contribution in [0.1, 0.15) is 21.5 Å². The van der Waals surface area contributed by atoms with E-state index in [0.29, 0.717) is 0 Å². The number of methoxy groups -OCH3 is 1. The summed E-state index contributed by atoms with van der Waals surface area (Å²) in [5.74, 6) is 0.897. The summed E-state index contributed by atoms with van der Waals surface area (Å²) in [7, 11) is 1.68. The number of ether oxygens (including phenoxy) is 1. The number of alkyl halides is 1. The van der Waals surface area contributed by atoms with Crippen molar-refractivity contribution in [1.29, 1.82) is 0 Å². The monoisotopic (exact) mass is 402 g/mol. The van der Waals surface area contributed by atoms with Gasteiger partial charge in [0.2, 0.25) is 0 Å². The van der Waals surface area contributed by atoms with Crippen LogP contribution in [0.5, 0.6) is 5.75 Å². The maximum atomic E-state index is 6.07. The molecule has 2 aromatic rings. The Kier molecular flexibility index (Phi) is 4.93. The van der Waals surface area contributed by atoms with E-state index in [1.165, 1.54) is 5.56 Å². The van der Waals surface area contributed by atoms with Gasteiger partial charge in [-0.3, -0.25) is 0 Å². The molecule has 1 atom stereocenters. The van der Waals surface area contributed by atoms with Gasteiger partial charge in [-0.15, -0.1) is 0 Å². The molecule has 2 rings (SSSR count). The molecule has 0 amide bonds. The Bertz CT molecular complexity index is 599. The highest BCUT2D eigenvalue weighted by atomic mass is 79.9. The van der Waals surface area contributed by atoms with Crippen molar-refractivity contribution in [2.24, 2.45) is 0 Å². The molecule has 0 heterocycles. The smallest absolute Gasteiger partial charge is 0.121 e. The molecule has 0 N–H and O–H groups in total. The van der Waals surface area contributed by atoms with Gasteiger partial charge in [0.05, 0.1) is 11.9 Å². The quantitative estimate of drug-likeness (QED) is 0.579. The first-order valence-corrected chi connectivity index (χ1v) is 7.85. The van der Waals surface area contributed by atoms with Gasteiger partial charge in [0.1, 0.15) is 5.75 Å². The van der Waals surface area contributed by atoms with Crippen molar-refractivity contribution in [3.05, 3.63) is 62.6 Å². The molecule has 0 radical (unpaired) electrons. The minimum Gasteiger partial charge on any atom is -0.496 e. The summed E-state index contributed by atoms with van der Waals surface area (Å²) in [5, 5.41) is 0.730. The van der Waals surface area contributed by atoms with Crippen LogP contribution in [-0.4, -0.2) is 7.11 Å². The molecular weight excluding hydrogens is 391 g/mol. The lowest BCUT2D eigenvalue weighted by Gasteiger charge is -2.15. The second kappa shape index (κ2) is 6.29. The molecule has 1 unspecified atom stereocenters. The fraction of sp³-hybridized carbons (Fsp3) is 0.200. The molecule has 0 aliphatic carbocycles. The Morgan fingerprint density at radius 2 is 1.89 bits per heavy atom. The van der Waals surface area contributed by atoms with Gasteiger partial charge < -0.3 is 4.74 Å². The summed E-state index contributed by atoms with van der Waals surface area (Å²) in [6.07, 6.45) is 0. The summed E-state index contributed by atoms with van der Waals surface area (Å²) in [6.45, 7) is 2.04. The molecule has 0 aromatic heterocycles. The van der Waals surface area contributed by atoms with Crippen molar-refractivity contribution in [1.82, 2.24) is 0 Å². The number of rotatable bonds is 3. The zero-order chi connectivity index (χ0) is 14.0. The van der Waals surface area contributed by atoms with Crippen LogP contribution in [0.15, 0.2) is 40.9 Å². The second-order valence-electron chi connectivity index (χ2n) is 4.26. The highest BCUT2D eigenvalue weighted by Crippen LogP contribution is 2.38. The molecule has 0 saturated carbocycles. The van der Waals surface area contributed by atoms with Crippen LogP contribution in [-0.2, 0) is 0 Å². The van der Waals surface area contributed by atoms with Crippen LogP contribution < -0.4 is 4.74 Å². The Balaban J connectivity index is 2.41. The maximum Gasteiger partial charge on any atom is 0.121 e. The predicted octanol–water partition coefficient (Wildman–Crippen LogP) is 5.90. The molecule has 100 valence electrons. The number of benzene rings is 2. The lowest BCUT2D eigenvalue weighted by Crippen LogP contribution is -1.96. The third kappa shape index (κ3) is 3.33. The fourth-order valence-corrected chi connectivity index (χ4v) is 3.57. The highest BCUT2D eigenvalue weighted by molar-refractivity contribution is 9.11. The van der Waals surface area contributed by atoms with Crippen molar-refractivity contribution in [3.63, 3.8) is 0 Å². The van der Waals surface area contributed by atoms with Crippen LogP contribution in [0.4, 0.5) is 0 Å². The Morgan fingerprint density at radius 3 is 2.53 bits per heavy atom. The lowest BCUT2D eigenvalue weighted by molar-refractivity contribution is 0.411. The summed E-state index contributed by atoms with van der Waals surface area (Å²) in [5.41, 5.74) is 3.39.